The van der Waals surface area contributed by atoms with Crippen LogP contribution in [0.2, 0.25) is 0 Å². The van der Waals surface area contributed by atoms with E-state index in [1.165, 1.54) is 12.4 Å². The molecule has 3 aromatic heterocycles. The van der Waals surface area contributed by atoms with E-state index in [1.54, 1.807) is 33.8 Å². The minimum Gasteiger partial charge on any atom is -0.451 e. The van der Waals surface area contributed by atoms with Crippen LogP contribution in [-0.4, -0.2) is 61.9 Å². The van der Waals surface area contributed by atoms with Gasteiger partial charge in [-0.1, -0.05) is 17.3 Å². The molecule has 0 spiro atoms. The molecule has 4 aromatic rings. The molecule has 0 aliphatic carbocycles. The molecule has 0 unspecified atom stereocenters. The average Bonchev–Trinajstić information content (AvgIpc) is 3.22. The number of rotatable bonds is 3. The molecule has 0 saturated carbocycles. The highest BCUT2D eigenvalue weighted by molar-refractivity contribution is 5.93. The second-order valence-electron chi connectivity index (χ2n) is 7.03. The minimum atomic E-state index is -0.290. The Balaban J connectivity index is 1.36. The molecule has 1 aromatic carbocycles. The van der Waals surface area contributed by atoms with E-state index in [9.17, 15) is 9.59 Å². The number of benzene rings is 1. The summed E-state index contributed by atoms with van der Waals surface area (Å²) in [4.78, 5) is 37.6. The van der Waals surface area contributed by atoms with Gasteiger partial charge >= 0.3 is 0 Å². The van der Waals surface area contributed by atoms with Gasteiger partial charge in [-0.15, -0.1) is 5.10 Å². The Morgan fingerprint density at radius 2 is 1.93 bits per heavy atom. The van der Waals surface area contributed by atoms with Crippen molar-refractivity contribution in [2.75, 3.05) is 31.1 Å². The van der Waals surface area contributed by atoms with E-state index in [4.69, 9.17) is 4.42 Å². The largest absolute Gasteiger partial charge is 0.451 e. The summed E-state index contributed by atoms with van der Waals surface area (Å²) in [5.41, 5.74) is 1.54. The Hall–Kier alpha value is -3.82. The van der Waals surface area contributed by atoms with Gasteiger partial charge in [-0.3, -0.25) is 9.59 Å². The number of aryl methyl sites for hydroxylation is 1. The first kappa shape index (κ1) is 18.2. The topological polar surface area (TPSA) is 110 Å². The lowest BCUT2D eigenvalue weighted by Crippen LogP contribution is -2.49. The first-order valence-corrected chi connectivity index (χ1v) is 9.77. The fraction of sp³-hybridized carbons (Fsp3) is 0.300. The van der Waals surface area contributed by atoms with Crippen LogP contribution in [0.5, 0.6) is 0 Å². The van der Waals surface area contributed by atoms with Crippen molar-refractivity contribution in [2.45, 2.75) is 13.5 Å². The van der Waals surface area contributed by atoms with Gasteiger partial charge in [-0.25, -0.2) is 14.6 Å². The molecular weight excluding hydrogens is 386 g/mol. The van der Waals surface area contributed by atoms with Crippen LogP contribution in [0.4, 0.5) is 5.82 Å². The van der Waals surface area contributed by atoms with E-state index >= 15 is 0 Å². The van der Waals surface area contributed by atoms with Crippen LogP contribution in [-0.2, 0) is 6.54 Å². The van der Waals surface area contributed by atoms with Crippen molar-refractivity contribution in [3.05, 3.63) is 52.6 Å². The van der Waals surface area contributed by atoms with E-state index in [-0.39, 0.29) is 17.1 Å². The molecule has 1 amide bonds. The molecule has 30 heavy (non-hydrogen) atoms. The number of piperazine rings is 1. The van der Waals surface area contributed by atoms with Crippen LogP contribution >= 0.6 is 0 Å². The standard InChI is InChI=1S/C20H19N7O3/c1-2-27-19-17(23-24-27)18(21-12-22-19)25-7-9-26(10-8-25)20(29)16-11-14(28)13-5-3-4-6-15(13)30-16/h3-6,11-12H,2,7-10H2,1H3. The lowest BCUT2D eigenvalue weighted by molar-refractivity contribution is 0.0715. The third-order valence-electron chi connectivity index (χ3n) is 5.29. The zero-order valence-corrected chi connectivity index (χ0v) is 16.4. The van der Waals surface area contributed by atoms with E-state index in [2.05, 4.69) is 25.2 Å². The summed E-state index contributed by atoms with van der Waals surface area (Å²) in [7, 11) is 0. The van der Waals surface area contributed by atoms with Crippen LogP contribution in [0.3, 0.4) is 0 Å². The van der Waals surface area contributed by atoms with Gasteiger partial charge < -0.3 is 14.2 Å². The Bertz CT molecular complexity index is 1300. The quantitative estimate of drug-likeness (QED) is 0.502. The first-order chi connectivity index (χ1) is 14.7. The molecule has 1 aliphatic rings. The van der Waals surface area contributed by atoms with E-state index in [0.717, 1.165) is 0 Å². The molecule has 5 rings (SSSR count). The number of carbonyl (C=O) groups is 1. The molecule has 4 heterocycles. The average molecular weight is 405 g/mol. The molecule has 1 saturated heterocycles. The van der Waals surface area contributed by atoms with Gasteiger partial charge in [0.15, 0.2) is 28.2 Å². The predicted molar refractivity (Wildman–Crippen MR) is 109 cm³/mol. The van der Waals surface area contributed by atoms with Gasteiger partial charge in [0.2, 0.25) is 0 Å². The Morgan fingerprint density at radius 1 is 1.13 bits per heavy atom. The highest BCUT2D eigenvalue weighted by Crippen LogP contribution is 2.22. The van der Waals surface area contributed by atoms with Crippen molar-refractivity contribution in [1.82, 2.24) is 29.9 Å². The summed E-state index contributed by atoms with van der Waals surface area (Å²) in [6, 6.07) is 8.19. The fourth-order valence-electron chi connectivity index (χ4n) is 3.71. The molecule has 152 valence electrons. The molecule has 10 heteroatoms. The number of amides is 1. The van der Waals surface area contributed by atoms with Crippen molar-refractivity contribution in [2.24, 2.45) is 0 Å². The summed E-state index contributed by atoms with van der Waals surface area (Å²) in [6.45, 7) is 4.76. The summed E-state index contributed by atoms with van der Waals surface area (Å²) >= 11 is 0. The van der Waals surface area contributed by atoms with E-state index in [1.807, 2.05) is 6.92 Å². The lowest BCUT2D eigenvalue weighted by Gasteiger charge is -2.35. The van der Waals surface area contributed by atoms with Crippen molar-refractivity contribution in [1.29, 1.82) is 0 Å². The van der Waals surface area contributed by atoms with Gasteiger partial charge in [0.05, 0.1) is 5.39 Å². The highest BCUT2D eigenvalue weighted by Gasteiger charge is 2.26. The van der Waals surface area contributed by atoms with E-state index < -0.39 is 0 Å². The van der Waals surface area contributed by atoms with Gasteiger partial charge in [0.1, 0.15) is 11.9 Å². The van der Waals surface area contributed by atoms with Gasteiger partial charge in [-0.2, -0.15) is 0 Å². The Kier molecular flexibility index (Phi) is 4.38. The monoisotopic (exact) mass is 405 g/mol. The second kappa shape index (κ2) is 7.21. The number of carbonyl (C=O) groups excluding carboxylic acids is 1. The maximum absolute atomic E-state index is 12.9. The number of fused-ring (bicyclic) bond motifs is 2. The van der Waals surface area contributed by atoms with Crippen LogP contribution < -0.4 is 10.3 Å². The van der Waals surface area contributed by atoms with Crippen LogP contribution in [0.1, 0.15) is 17.5 Å². The van der Waals surface area contributed by atoms with Gasteiger partial charge in [-0.05, 0) is 19.1 Å². The van der Waals surface area contributed by atoms with Crippen molar-refractivity contribution in [3.63, 3.8) is 0 Å². The molecule has 1 fully saturated rings. The SMILES string of the molecule is CCn1nnc2c(N3CCN(C(=O)c4cc(=O)c5ccccc5o4)CC3)ncnc21. The number of nitrogens with zero attached hydrogens (tertiary/aromatic N) is 7. The van der Waals surface area contributed by atoms with Crippen LogP contribution in [0.25, 0.3) is 22.1 Å². The second-order valence-corrected chi connectivity index (χ2v) is 7.03. The van der Waals surface area contributed by atoms with E-state index in [0.29, 0.717) is 60.7 Å². The predicted octanol–water partition coefficient (Wildman–Crippen LogP) is 1.31. The Labute approximate surface area is 170 Å². The Morgan fingerprint density at radius 3 is 2.73 bits per heavy atom. The van der Waals surface area contributed by atoms with Crippen molar-refractivity contribution >= 4 is 33.9 Å². The highest BCUT2D eigenvalue weighted by atomic mass is 16.3. The number of aromatic nitrogens is 5. The zero-order chi connectivity index (χ0) is 20.7. The van der Waals surface area contributed by atoms with Crippen LogP contribution in [0.15, 0.2) is 45.9 Å². The molecule has 1 aliphatic heterocycles. The summed E-state index contributed by atoms with van der Waals surface area (Å²) < 4.78 is 7.42. The summed E-state index contributed by atoms with van der Waals surface area (Å²) in [6.07, 6.45) is 1.51. The third kappa shape index (κ3) is 2.97. The first-order valence-electron chi connectivity index (χ1n) is 9.77. The summed E-state index contributed by atoms with van der Waals surface area (Å²) in [5, 5.41) is 8.80. The number of anilines is 1. The molecule has 0 radical (unpaired) electrons. The summed E-state index contributed by atoms with van der Waals surface area (Å²) in [5.74, 6) is 0.480. The van der Waals surface area contributed by atoms with Crippen molar-refractivity contribution in [3.8, 4) is 0 Å². The van der Waals surface area contributed by atoms with Gasteiger partial charge in [0.25, 0.3) is 5.91 Å². The zero-order valence-electron chi connectivity index (χ0n) is 16.4. The third-order valence-corrected chi connectivity index (χ3v) is 5.29. The number of hydrogen-bond donors (Lipinski definition) is 0. The maximum Gasteiger partial charge on any atom is 0.289 e. The van der Waals surface area contributed by atoms with Crippen LogP contribution in [0, 0.1) is 0 Å². The molecule has 0 N–H and O–H groups in total. The van der Waals surface area contributed by atoms with Gasteiger partial charge in [0, 0.05) is 38.8 Å². The maximum atomic E-state index is 12.9. The molecular formula is C20H19N7O3. The number of para-hydroxylation sites is 1. The molecule has 0 bridgehead atoms. The molecule has 0 atom stereocenters. The number of hydrogen-bond acceptors (Lipinski definition) is 8. The molecule has 10 nitrogen and oxygen atoms in total. The fourth-order valence-corrected chi connectivity index (χ4v) is 3.71. The smallest absolute Gasteiger partial charge is 0.289 e. The lowest BCUT2D eigenvalue weighted by atomic mass is 10.2. The van der Waals surface area contributed by atoms with Crippen molar-refractivity contribution < 1.29 is 9.21 Å². The minimum absolute atomic E-state index is 0.0578. The normalized spacial score (nSPS) is 14.6.